The van der Waals surface area contributed by atoms with Crippen LogP contribution in [0.2, 0.25) is 0 Å². The smallest absolute Gasteiger partial charge is 0.217 e. The number of carbonyl (C=O) groups excluding carboxylic acids is 1. The maximum Gasteiger partial charge on any atom is 0.217 e. The molecule has 1 aromatic rings. The lowest BCUT2D eigenvalue weighted by atomic mass is 10.0. The van der Waals surface area contributed by atoms with Gasteiger partial charge in [-0.25, -0.2) is 0 Å². The first-order chi connectivity index (χ1) is 9.18. The van der Waals surface area contributed by atoms with Crippen LogP contribution in [0.3, 0.4) is 0 Å². The third-order valence-electron chi connectivity index (χ3n) is 4.06. The zero-order valence-corrected chi connectivity index (χ0v) is 12.0. The highest BCUT2D eigenvalue weighted by atomic mass is 32.2. The van der Waals surface area contributed by atoms with Crippen molar-refractivity contribution in [1.29, 1.82) is 0 Å². The molecule has 0 saturated heterocycles. The molecule has 3 heteroatoms. The van der Waals surface area contributed by atoms with Crippen LogP contribution < -0.4 is 5.32 Å². The fraction of sp³-hybridized carbons (Fsp3) is 0.438. The molecule has 0 aliphatic heterocycles. The third kappa shape index (κ3) is 2.57. The standard InChI is InChI=1S/C16H19NOS/c1-12(18)17-16(10-14-7-8-15(16)9-14)19-11-13-5-3-2-4-6-13/h2-8,14-15H,9-11H2,1H3,(H,17,18)/t14-,15+,16+/m0/s1. The number of hydrogen-bond donors (Lipinski definition) is 1. The van der Waals surface area contributed by atoms with Crippen LogP contribution in [-0.2, 0) is 10.5 Å². The normalized spacial score (nSPS) is 31.6. The zero-order valence-electron chi connectivity index (χ0n) is 11.1. The molecule has 3 rings (SSSR count). The quantitative estimate of drug-likeness (QED) is 0.673. The minimum absolute atomic E-state index is 0.0823. The van der Waals surface area contributed by atoms with Gasteiger partial charge in [0.2, 0.25) is 5.91 Å². The van der Waals surface area contributed by atoms with Crippen molar-refractivity contribution in [2.45, 2.75) is 30.4 Å². The number of fused-ring (bicyclic) bond motifs is 2. The van der Waals surface area contributed by atoms with Crippen molar-refractivity contribution in [3.8, 4) is 0 Å². The zero-order chi connectivity index (χ0) is 13.3. The molecule has 0 spiro atoms. The van der Waals surface area contributed by atoms with Gasteiger partial charge >= 0.3 is 0 Å². The van der Waals surface area contributed by atoms with Gasteiger partial charge in [-0.2, -0.15) is 0 Å². The largest absolute Gasteiger partial charge is 0.341 e. The molecule has 1 fully saturated rings. The fourth-order valence-electron chi connectivity index (χ4n) is 3.24. The molecule has 0 aromatic heterocycles. The van der Waals surface area contributed by atoms with E-state index in [1.165, 1.54) is 12.0 Å². The number of carbonyl (C=O) groups is 1. The van der Waals surface area contributed by atoms with Crippen LogP contribution >= 0.6 is 11.8 Å². The topological polar surface area (TPSA) is 29.1 Å². The molecule has 2 aliphatic carbocycles. The van der Waals surface area contributed by atoms with Crippen LogP contribution in [0.15, 0.2) is 42.5 Å². The van der Waals surface area contributed by atoms with E-state index in [1.807, 2.05) is 17.8 Å². The Labute approximate surface area is 118 Å². The number of benzene rings is 1. The number of thioether (sulfide) groups is 1. The molecule has 0 radical (unpaired) electrons. The molecule has 100 valence electrons. The Morgan fingerprint density at radius 1 is 1.37 bits per heavy atom. The summed E-state index contributed by atoms with van der Waals surface area (Å²) in [6, 6.07) is 10.5. The van der Waals surface area contributed by atoms with E-state index < -0.39 is 0 Å². The van der Waals surface area contributed by atoms with Gasteiger partial charge in [-0.15, -0.1) is 11.8 Å². The van der Waals surface area contributed by atoms with Crippen molar-refractivity contribution in [2.24, 2.45) is 11.8 Å². The second kappa shape index (κ2) is 5.04. The van der Waals surface area contributed by atoms with Crippen molar-refractivity contribution in [3.63, 3.8) is 0 Å². The van der Waals surface area contributed by atoms with Gasteiger partial charge < -0.3 is 5.32 Å². The SMILES string of the molecule is CC(=O)N[C@@]1(SCc2ccccc2)C[C@H]2C=C[C@@H]1C2. The molecular weight excluding hydrogens is 254 g/mol. The lowest BCUT2D eigenvalue weighted by molar-refractivity contribution is -0.120. The molecule has 0 unspecified atom stereocenters. The lowest BCUT2D eigenvalue weighted by Gasteiger charge is -2.35. The fourth-order valence-corrected chi connectivity index (χ4v) is 4.80. The average Bonchev–Trinajstić information content (AvgIpc) is 2.98. The molecule has 1 N–H and O–H groups in total. The monoisotopic (exact) mass is 273 g/mol. The summed E-state index contributed by atoms with van der Waals surface area (Å²) in [7, 11) is 0. The van der Waals surface area contributed by atoms with Crippen molar-refractivity contribution in [2.75, 3.05) is 0 Å². The Morgan fingerprint density at radius 3 is 2.74 bits per heavy atom. The predicted molar refractivity (Wildman–Crippen MR) is 79.6 cm³/mol. The van der Waals surface area contributed by atoms with Gasteiger partial charge in [0.25, 0.3) is 0 Å². The van der Waals surface area contributed by atoms with Crippen molar-refractivity contribution in [1.82, 2.24) is 5.32 Å². The Balaban J connectivity index is 1.74. The van der Waals surface area contributed by atoms with E-state index >= 15 is 0 Å². The maximum atomic E-state index is 11.5. The summed E-state index contributed by atoms with van der Waals surface area (Å²) in [5.41, 5.74) is 1.32. The minimum atomic E-state index is -0.0823. The van der Waals surface area contributed by atoms with Gasteiger partial charge in [0.05, 0.1) is 4.87 Å². The first-order valence-electron chi connectivity index (χ1n) is 6.83. The second-order valence-electron chi connectivity index (χ2n) is 5.54. The maximum absolute atomic E-state index is 11.5. The second-order valence-corrected chi connectivity index (χ2v) is 6.84. The molecule has 2 aliphatic rings. The van der Waals surface area contributed by atoms with Crippen molar-refractivity contribution in [3.05, 3.63) is 48.0 Å². The van der Waals surface area contributed by atoms with E-state index in [9.17, 15) is 4.79 Å². The summed E-state index contributed by atoms with van der Waals surface area (Å²) in [6.45, 7) is 1.63. The van der Waals surface area contributed by atoms with Gasteiger partial charge in [-0.3, -0.25) is 4.79 Å². The molecular formula is C16H19NOS. The van der Waals surface area contributed by atoms with Crippen LogP contribution in [0.25, 0.3) is 0 Å². The van der Waals surface area contributed by atoms with Crippen LogP contribution in [0.1, 0.15) is 25.3 Å². The summed E-state index contributed by atoms with van der Waals surface area (Å²) in [5, 5.41) is 3.23. The molecule has 2 nitrogen and oxygen atoms in total. The number of amides is 1. The highest BCUT2D eigenvalue weighted by Gasteiger charge is 2.49. The van der Waals surface area contributed by atoms with Gasteiger partial charge in [0.1, 0.15) is 0 Å². The first kappa shape index (κ1) is 12.8. The minimum Gasteiger partial charge on any atom is -0.341 e. The third-order valence-corrected chi connectivity index (χ3v) is 5.63. The number of nitrogens with one attached hydrogen (secondary N) is 1. The highest BCUT2D eigenvalue weighted by molar-refractivity contribution is 7.99. The van der Waals surface area contributed by atoms with Gasteiger partial charge in [0, 0.05) is 18.6 Å². The molecule has 2 bridgehead atoms. The summed E-state index contributed by atoms with van der Waals surface area (Å²) in [5.74, 6) is 2.19. The van der Waals surface area contributed by atoms with Gasteiger partial charge in [-0.1, -0.05) is 42.5 Å². The van der Waals surface area contributed by atoms with E-state index in [2.05, 4.69) is 41.7 Å². The molecule has 3 atom stereocenters. The molecule has 1 amide bonds. The van der Waals surface area contributed by atoms with Crippen LogP contribution in [0.5, 0.6) is 0 Å². The van der Waals surface area contributed by atoms with E-state index in [-0.39, 0.29) is 10.8 Å². The Hall–Kier alpha value is -1.22. The van der Waals surface area contributed by atoms with E-state index in [0.29, 0.717) is 11.8 Å². The summed E-state index contributed by atoms with van der Waals surface area (Å²) >= 11 is 1.89. The summed E-state index contributed by atoms with van der Waals surface area (Å²) in [4.78, 5) is 11.5. The van der Waals surface area contributed by atoms with Gasteiger partial charge in [-0.05, 0) is 24.3 Å². The van der Waals surface area contributed by atoms with Gasteiger partial charge in [0.15, 0.2) is 0 Å². The van der Waals surface area contributed by atoms with E-state index in [4.69, 9.17) is 0 Å². The number of hydrogen-bond acceptors (Lipinski definition) is 2. The number of allylic oxidation sites excluding steroid dienone is 1. The Kier molecular flexibility index (Phi) is 3.40. The van der Waals surface area contributed by atoms with E-state index in [1.54, 1.807) is 6.92 Å². The lowest BCUT2D eigenvalue weighted by Crippen LogP contribution is -2.48. The van der Waals surface area contributed by atoms with E-state index in [0.717, 1.165) is 12.2 Å². The van der Waals surface area contributed by atoms with Crippen molar-refractivity contribution >= 4 is 17.7 Å². The molecule has 1 saturated carbocycles. The molecule has 1 aromatic carbocycles. The van der Waals surface area contributed by atoms with Crippen LogP contribution in [-0.4, -0.2) is 10.8 Å². The first-order valence-corrected chi connectivity index (χ1v) is 7.81. The number of rotatable bonds is 4. The van der Waals surface area contributed by atoms with Crippen LogP contribution in [0, 0.1) is 11.8 Å². The highest BCUT2D eigenvalue weighted by Crippen LogP contribution is 2.52. The Morgan fingerprint density at radius 2 is 2.16 bits per heavy atom. The average molecular weight is 273 g/mol. The van der Waals surface area contributed by atoms with Crippen molar-refractivity contribution < 1.29 is 4.79 Å². The predicted octanol–water partition coefficient (Wildman–Crippen LogP) is 3.35. The van der Waals surface area contributed by atoms with Crippen LogP contribution in [0.4, 0.5) is 0 Å². The molecule has 19 heavy (non-hydrogen) atoms. The summed E-state index contributed by atoms with van der Waals surface area (Å²) in [6.07, 6.45) is 6.88. The summed E-state index contributed by atoms with van der Waals surface area (Å²) < 4.78 is 0. The Bertz CT molecular complexity index is 499. The molecule has 0 heterocycles.